The molecule has 136 valence electrons. The predicted molar refractivity (Wildman–Crippen MR) is 99.9 cm³/mol. The number of aryl methyl sites for hydroxylation is 3. The molecule has 0 fully saturated rings. The van der Waals surface area contributed by atoms with Crippen molar-refractivity contribution < 1.29 is 13.6 Å². The molecule has 0 bridgehead atoms. The lowest BCUT2D eigenvalue weighted by Gasteiger charge is -2.15. The van der Waals surface area contributed by atoms with Gasteiger partial charge in [-0.05, 0) is 50.5 Å². The normalized spacial score (nSPS) is 12.2. The number of hydrogen-bond donors (Lipinski definition) is 1. The van der Waals surface area contributed by atoms with Gasteiger partial charge in [0.25, 0.3) is 11.1 Å². The van der Waals surface area contributed by atoms with E-state index in [4.69, 9.17) is 8.83 Å². The summed E-state index contributed by atoms with van der Waals surface area (Å²) in [7, 11) is 0. The van der Waals surface area contributed by atoms with E-state index < -0.39 is 0 Å². The summed E-state index contributed by atoms with van der Waals surface area (Å²) >= 11 is 1.21. The number of carbonyl (C=O) groups is 1. The number of carbonyl (C=O) groups excluding carboxylic acids is 1. The average molecular weight is 371 g/mol. The van der Waals surface area contributed by atoms with Crippen LogP contribution in [-0.2, 0) is 4.79 Å². The number of hydrogen-bond acceptors (Lipinski definition) is 6. The van der Waals surface area contributed by atoms with E-state index >= 15 is 0 Å². The molecule has 3 rings (SSSR count). The number of rotatable bonds is 6. The van der Waals surface area contributed by atoms with Crippen LogP contribution in [0.5, 0.6) is 0 Å². The third-order valence-electron chi connectivity index (χ3n) is 4.23. The van der Waals surface area contributed by atoms with Gasteiger partial charge in [0.15, 0.2) is 0 Å². The van der Waals surface area contributed by atoms with Crippen molar-refractivity contribution in [3.63, 3.8) is 0 Å². The van der Waals surface area contributed by atoms with Gasteiger partial charge < -0.3 is 14.2 Å². The first-order chi connectivity index (χ1) is 12.4. The van der Waals surface area contributed by atoms with Crippen LogP contribution in [-0.4, -0.2) is 21.9 Å². The fourth-order valence-electron chi connectivity index (χ4n) is 2.51. The molecule has 0 spiro atoms. The molecule has 1 amide bonds. The highest BCUT2D eigenvalue weighted by atomic mass is 32.2. The van der Waals surface area contributed by atoms with Crippen molar-refractivity contribution in [1.29, 1.82) is 0 Å². The van der Waals surface area contributed by atoms with Crippen molar-refractivity contribution in [2.24, 2.45) is 0 Å². The largest absolute Gasteiger partial charge is 0.469 e. The highest BCUT2D eigenvalue weighted by molar-refractivity contribution is 7.99. The van der Waals surface area contributed by atoms with E-state index in [2.05, 4.69) is 41.5 Å². The molecule has 2 heterocycles. The Morgan fingerprint density at radius 3 is 2.69 bits per heavy atom. The van der Waals surface area contributed by atoms with Gasteiger partial charge in [0.2, 0.25) is 5.91 Å². The third kappa shape index (κ3) is 4.16. The van der Waals surface area contributed by atoms with Crippen molar-refractivity contribution in [3.05, 3.63) is 53.0 Å². The quantitative estimate of drug-likeness (QED) is 0.653. The molecule has 2 aromatic heterocycles. The first-order valence-electron chi connectivity index (χ1n) is 8.31. The Kier molecular flexibility index (Phi) is 5.46. The molecule has 3 aromatic rings. The summed E-state index contributed by atoms with van der Waals surface area (Å²) in [4.78, 5) is 12.2. The molecule has 0 saturated heterocycles. The molecule has 6 nitrogen and oxygen atoms in total. The van der Waals surface area contributed by atoms with Gasteiger partial charge in [-0.3, -0.25) is 4.79 Å². The van der Waals surface area contributed by atoms with Crippen molar-refractivity contribution in [3.8, 4) is 11.5 Å². The zero-order valence-electron chi connectivity index (χ0n) is 15.2. The van der Waals surface area contributed by atoms with Crippen LogP contribution in [0.3, 0.4) is 0 Å². The van der Waals surface area contributed by atoms with Crippen molar-refractivity contribution in [2.75, 3.05) is 5.75 Å². The lowest BCUT2D eigenvalue weighted by Crippen LogP contribution is -2.28. The van der Waals surface area contributed by atoms with E-state index in [1.165, 1.54) is 22.9 Å². The molecule has 1 aromatic carbocycles. The summed E-state index contributed by atoms with van der Waals surface area (Å²) in [6.45, 7) is 7.94. The van der Waals surface area contributed by atoms with Crippen LogP contribution in [0.4, 0.5) is 0 Å². The third-order valence-corrected chi connectivity index (χ3v) is 5.05. The van der Waals surface area contributed by atoms with Gasteiger partial charge in [0.05, 0.1) is 23.6 Å². The zero-order chi connectivity index (χ0) is 18.7. The molecule has 26 heavy (non-hydrogen) atoms. The van der Waals surface area contributed by atoms with Crippen LogP contribution in [0.15, 0.2) is 44.6 Å². The molecule has 1 N–H and O–H groups in total. The monoisotopic (exact) mass is 371 g/mol. The SMILES string of the molecule is Cc1ccc(C(C)NC(=O)CSc2nnc(-c3ccoc3C)o2)cc1C. The second-order valence-corrected chi connectivity index (χ2v) is 7.11. The Bertz CT molecular complexity index is 916. The predicted octanol–water partition coefficient (Wildman–Crippen LogP) is 4.22. The zero-order valence-corrected chi connectivity index (χ0v) is 16.0. The van der Waals surface area contributed by atoms with Crippen molar-refractivity contribution in [2.45, 2.75) is 39.0 Å². The summed E-state index contributed by atoms with van der Waals surface area (Å²) in [6.07, 6.45) is 1.57. The van der Waals surface area contributed by atoms with Gasteiger partial charge in [-0.15, -0.1) is 10.2 Å². The number of amides is 1. The number of thioether (sulfide) groups is 1. The molecule has 0 aliphatic carbocycles. The molecule has 1 unspecified atom stereocenters. The molecule has 0 aliphatic rings. The fraction of sp³-hybridized carbons (Fsp3) is 0.316. The Morgan fingerprint density at radius 1 is 1.19 bits per heavy atom. The number of benzene rings is 1. The molecule has 7 heteroatoms. The van der Waals surface area contributed by atoms with Gasteiger partial charge in [0, 0.05) is 0 Å². The van der Waals surface area contributed by atoms with Gasteiger partial charge in [-0.25, -0.2) is 0 Å². The number of nitrogens with zero attached hydrogens (tertiary/aromatic N) is 2. The minimum Gasteiger partial charge on any atom is -0.469 e. The van der Waals surface area contributed by atoms with Gasteiger partial charge in [0.1, 0.15) is 5.76 Å². The average Bonchev–Trinajstić information content (AvgIpc) is 3.24. The molecule has 0 radical (unpaired) electrons. The van der Waals surface area contributed by atoms with Gasteiger partial charge >= 0.3 is 0 Å². The first kappa shape index (κ1) is 18.3. The lowest BCUT2D eigenvalue weighted by atomic mass is 10.0. The van der Waals surface area contributed by atoms with Crippen LogP contribution in [0.1, 0.15) is 35.4 Å². The molecule has 0 saturated carbocycles. The smallest absolute Gasteiger partial charge is 0.277 e. The van der Waals surface area contributed by atoms with E-state index in [9.17, 15) is 4.79 Å². The van der Waals surface area contributed by atoms with E-state index in [0.717, 1.165) is 11.1 Å². The number of aromatic nitrogens is 2. The minimum absolute atomic E-state index is 0.0609. The van der Waals surface area contributed by atoms with Crippen LogP contribution < -0.4 is 5.32 Å². The van der Waals surface area contributed by atoms with Gasteiger partial charge in [-0.2, -0.15) is 0 Å². The Labute approximate surface area is 156 Å². The summed E-state index contributed by atoms with van der Waals surface area (Å²) in [6, 6.07) is 7.92. The van der Waals surface area contributed by atoms with Crippen LogP contribution in [0.2, 0.25) is 0 Å². The molecular weight excluding hydrogens is 350 g/mol. The highest BCUT2D eigenvalue weighted by Gasteiger charge is 2.15. The lowest BCUT2D eigenvalue weighted by molar-refractivity contribution is -0.119. The Morgan fingerprint density at radius 2 is 2.00 bits per heavy atom. The topological polar surface area (TPSA) is 81.2 Å². The van der Waals surface area contributed by atoms with Gasteiger partial charge in [-0.1, -0.05) is 30.0 Å². The number of nitrogens with one attached hydrogen (secondary N) is 1. The van der Waals surface area contributed by atoms with Crippen molar-refractivity contribution in [1.82, 2.24) is 15.5 Å². The Hall–Kier alpha value is -2.54. The standard InChI is InChI=1S/C19H21N3O3S/c1-11-5-6-15(9-12(11)2)13(3)20-17(23)10-26-19-22-21-18(25-19)16-7-8-24-14(16)4/h5-9,13H,10H2,1-4H3,(H,20,23). The number of furan rings is 1. The van der Waals surface area contributed by atoms with E-state index in [1.807, 2.05) is 19.9 Å². The summed E-state index contributed by atoms with van der Waals surface area (Å²) in [5.41, 5.74) is 4.30. The maximum atomic E-state index is 12.2. The summed E-state index contributed by atoms with van der Waals surface area (Å²) < 4.78 is 10.8. The fourth-order valence-corrected chi connectivity index (χ4v) is 3.09. The molecular formula is C19H21N3O3S. The van der Waals surface area contributed by atoms with Crippen molar-refractivity contribution >= 4 is 17.7 Å². The Balaban J connectivity index is 1.55. The van der Waals surface area contributed by atoms with Crippen LogP contribution >= 0.6 is 11.8 Å². The van der Waals surface area contributed by atoms with E-state index in [-0.39, 0.29) is 17.7 Å². The maximum Gasteiger partial charge on any atom is 0.277 e. The van der Waals surface area contributed by atoms with Crippen LogP contribution in [0.25, 0.3) is 11.5 Å². The second kappa shape index (κ2) is 7.78. The highest BCUT2D eigenvalue weighted by Crippen LogP contribution is 2.26. The minimum atomic E-state index is -0.0834. The maximum absolute atomic E-state index is 12.2. The van der Waals surface area contributed by atoms with E-state index in [1.54, 1.807) is 12.3 Å². The summed E-state index contributed by atoms with van der Waals surface area (Å²) in [5, 5.41) is 11.3. The molecule has 0 aliphatic heterocycles. The van der Waals surface area contributed by atoms with E-state index in [0.29, 0.717) is 16.9 Å². The van der Waals surface area contributed by atoms with Crippen LogP contribution in [0, 0.1) is 20.8 Å². The second-order valence-electron chi connectivity index (χ2n) is 6.19. The summed E-state index contributed by atoms with van der Waals surface area (Å²) in [5.74, 6) is 1.23. The molecule has 1 atom stereocenters. The first-order valence-corrected chi connectivity index (χ1v) is 9.30.